The fourth-order valence-corrected chi connectivity index (χ4v) is 3.73. The van der Waals surface area contributed by atoms with Crippen molar-refractivity contribution in [3.05, 3.63) is 35.4 Å². The van der Waals surface area contributed by atoms with Crippen LogP contribution in [0.25, 0.3) is 0 Å². The van der Waals surface area contributed by atoms with Crippen LogP contribution in [-0.4, -0.2) is 46.7 Å². The molecule has 2 unspecified atom stereocenters. The Bertz CT molecular complexity index is 648. The van der Waals surface area contributed by atoms with Crippen LogP contribution in [0, 0.1) is 11.8 Å². The van der Waals surface area contributed by atoms with Crippen LogP contribution < -0.4 is 0 Å². The molecule has 5 heteroatoms. The molecule has 1 fully saturated rings. The van der Waals surface area contributed by atoms with Gasteiger partial charge in [-0.25, -0.2) is 0 Å². The van der Waals surface area contributed by atoms with Crippen LogP contribution in [0.3, 0.4) is 0 Å². The number of piperidine rings is 1. The fraction of sp³-hybridized carbons (Fsp3) is 0.526. The normalized spacial score (nSPS) is 22.1. The number of amides is 3. The predicted octanol–water partition coefficient (Wildman–Crippen LogP) is 2.57. The molecule has 0 aliphatic carbocycles. The molecule has 0 radical (unpaired) electrons. The highest BCUT2D eigenvalue weighted by molar-refractivity contribution is 6.22. The number of hydrogen-bond donors (Lipinski definition) is 0. The van der Waals surface area contributed by atoms with Crippen molar-refractivity contribution < 1.29 is 14.4 Å². The second-order valence-corrected chi connectivity index (χ2v) is 7.25. The molecule has 0 saturated carbocycles. The zero-order chi connectivity index (χ0) is 17.4. The second kappa shape index (κ2) is 6.38. The first kappa shape index (κ1) is 16.7. The molecule has 3 rings (SSSR count). The van der Waals surface area contributed by atoms with Crippen molar-refractivity contribution >= 4 is 17.7 Å². The Kier molecular flexibility index (Phi) is 4.43. The number of likely N-dealkylation sites (tertiary alicyclic amines) is 1. The molecule has 2 atom stereocenters. The Morgan fingerprint density at radius 2 is 1.71 bits per heavy atom. The number of carbonyl (C=O) groups is 3. The van der Waals surface area contributed by atoms with Gasteiger partial charge in [0.05, 0.1) is 11.1 Å². The highest BCUT2D eigenvalue weighted by Crippen LogP contribution is 2.29. The van der Waals surface area contributed by atoms with Gasteiger partial charge in [0.15, 0.2) is 0 Å². The number of carbonyl (C=O) groups excluding carboxylic acids is 3. The summed E-state index contributed by atoms with van der Waals surface area (Å²) in [4.78, 5) is 41.6. The Labute approximate surface area is 142 Å². The van der Waals surface area contributed by atoms with E-state index in [1.54, 1.807) is 24.3 Å². The number of benzene rings is 1. The molecule has 2 aliphatic heterocycles. The molecule has 24 heavy (non-hydrogen) atoms. The van der Waals surface area contributed by atoms with Gasteiger partial charge >= 0.3 is 0 Å². The predicted molar refractivity (Wildman–Crippen MR) is 90.5 cm³/mol. The van der Waals surface area contributed by atoms with Crippen molar-refractivity contribution in [1.82, 2.24) is 9.80 Å². The third kappa shape index (κ3) is 2.72. The largest absolute Gasteiger partial charge is 0.341 e. The highest BCUT2D eigenvalue weighted by atomic mass is 16.2. The van der Waals surface area contributed by atoms with E-state index in [9.17, 15) is 14.4 Å². The smallest absolute Gasteiger partial charge is 0.262 e. The Morgan fingerprint density at radius 1 is 1.12 bits per heavy atom. The summed E-state index contributed by atoms with van der Waals surface area (Å²) < 4.78 is 0. The molecule has 0 spiro atoms. The summed E-state index contributed by atoms with van der Waals surface area (Å²) in [6.07, 6.45) is 2.09. The maximum Gasteiger partial charge on any atom is 0.262 e. The minimum absolute atomic E-state index is 0.106. The molecule has 0 aromatic heterocycles. The zero-order valence-corrected chi connectivity index (χ0v) is 14.5. The molecule has 1 aromatic rings. The minimum atomic E-state index is -0.734. The molecule has 128 valence electrons. The van der Waals surface area contributed by atoms with Crippen molar-refractivity contribution in [3.8, 4) is 0 Å². The first-order chi connectivity index (χ1) is 11.4. The SMILES string of the molecule is CC1CCCN(C(=O)C(C(C)C)N2C(=O)c3ccccc3C2=O)C1. The molecular formula is C19H24N2O3. The summed E-state index contributed by atoms with van der Waals surface area (Å²) in [6.45, 7) is 7.31. The Morgan fingerprint density at radius 3 is 2.21 bits per heavy atom. The number of nitrogens with zero attached hydrogens (tertiary/aromatic N) is 2. The first-order valence-electron chi connectivity index (χ1n) is 8.67. The lowest BCUT2D eigenvalue weighted by Gasteiger charge is -2.37. The van der Waals surface area contributed by atoms with Crippen molar-refractivity contribution in [2.45, 2.75) is 39.7 Å². The number of hydrogen-bond acceptors (Lipinski definition) is 3. The third-order valence-corrected chi connectivity index (χ3v) is 4.96. The molecule has 2 aliphatic rings. The summed E-state index contributed by atoms with van der Waals surface area (Å²) in [5.74, 6) is -0.485. The van der Waals surface area contributed by atoms with Crippen LogP contribution in [0.15, 0.2) is 24.3 Å². The van der Waals surface area contributed by atoms with Crippen molar-refractivity contribution in [2.75, 3.05) is 13.1 Å². The van der Waals surface area contributed by atoms with E-state index in [0.717, 1.165) is 12.8 Å². The summed E-state index contributed by atoms with van der Waals surface area (Å²) in [7, 11) is 0. The fourth-order valence-electron chi connectivity index (χ4n) is 3.73. The molecule has 2 heterocycles. The second-order valence-electron chi connectivity index (χ2n) is 7.25. The molecular weight excluding hydrogens is 304 g/mol. The van der Waals surface area contributed by atoms with Crippen LogP contribution >= 0.6 is 0 Å². The minimum Gasteiger partial charge on any atom is -0.341 e. The van der Waals surface area contributed by atoms with Gasteiger partial charge in [0, 0.05) is 13.1 Å². The van der Waals surface area contributed by atoms with E-state index in [0.29, 0.717) is 30.1 Å². The van der Waals surface area contributed by atoms with Crippen molar-refractivity contribution in [1.29, 1.82) is 0 Å². The van der Waals surface area contributed by atoms with Gasteiger partial charge in [0.2, 0.25) is 5.91 Å². The monoisotopic (exact) mass is 328 g/mol. The van der Waals surface area contributed by atoms with Gasteiger partial charge in [0.25, 0.3) is 11.8 Å². The standard InChI is InChI=1S/C19H24N2O3/c1-12(2)16(19(24)20-10-6-7-13(3)11-20)21-17(22)14-8-4-5-9-15(14)18(21)23/h4-5,8-9,12-13,16H,6-7,10-11H2,1-3H3. The van der Waals surface area contributed by atoms with Crippen LogP contribution in [0.2, 0.25) is 0 Å². The summed E-state index contributed by atoms with van der Waals surface area (Å²) in [5.41, 5.74) is 0.793. The van der Waals surface area contributed by atoms with Crippen LogP contribution in [0.4, 0.5) is 0 Å². The van der Waals surface area contributed by atoms with E-state index in [1.165, 1.54) is 4.90 Å². The van der Waals surface area contributed by atoms with Crippen LogP contribution in [-0.2, 0) is 4.79 Å². The van der Waals surface area contributed by atoms with Gasteiger partial charge < -0.3 is 4.90 Å². The topological polar surface area (TPSA) is 57.7 Å². The summed E-state index contributed by atoms with van der Waals surface area (Å²) in [5, 5.41) is 0. The lowest BCUT2D eigenvalue weighted by atomic mass is 9.96. The Balaban J connectivity index is 1.91. The maximum absolute atomic E-state index is 13.1. The number of rotatable bonds is 3. The zero-order valence-electron chi connectivity index (χ0n) is 14.5. The van der Waals surface area contributed by atoms with E-state index in [-0.39, 0.29) is 23.6 Å². The maximum atomic E-state index is 13.1. The van der Waals surface area contributed by atoms with Crippen LogP contribution in [0.5, 0.6) is 0 Å². The highest BCUT2D eigenvalue weighted by Gasteiger charge is 2.45. The first-order valence-corrected chi connectivity index (χ1v) is 8.67. The van der Waals surface area contributed by atoms with E-state index in [2.05, 4.69) is 6.92 Å². The summed E-state index contributed by atoms with van der Waals surface area (Å²) >= 11 is 0. The van der Waals surface area contributed by atoms with E-state index in [1.807, 2.05) is 18.7 Å². The van der Waals surface area contributed by atoms with E-state index >= 15 is 0 Å². The third-order valence-electron chi connectivity index (χ3n) is 4.96. The van der Waals surface area contributed by atoms with Gasteiger partial charge in [-0.05, 0) is 36.8 Å². The molecule has 1 aromatic carbocycles. The van der Waals surface area contributed by atoms with Gasteiger partial charge in [0.1, 0.15) is 6.04 Å². The van der Waals surface area contributed by atoms with E-state index in [4.69, 9.17) is 0 Å². The van der Waals surface area contributed by atoms with E-state index < -0.39 is 6.04 Å². The molecule has 1 saturated heterocycles. The van der Waals surface area contributed by atoms with Crippen molar-refractivity contribution in [3.63, 3.8) is 0 Å². The average molecular weight is 328 g/mol. The quantitative estimate of drug-likeness (QED) is 0.801. The lowest BCUT2D eigenvalue weighted by molar-refractivity contribution is -0.138. The number of imide groups is 1. The molecule has 0 N–H and O–H groups in total. The van der Waals surface area contributed by atoms with Crippen molar-refractivity contribution in [2.24, 2.45) is 11.8 Å². The van der Waals surface area contributed by atoms with Gasteiger partial charge in [-0.1, -0.05) is 32.9 Å². The summed E-state index contributed by atoms with van der Waals surface area (Å²) in [6, 6.07) is 6.06. The Hall–Kier alpha value is -2.17. The molecule has 5 nitrogen and oxygen atoms in total. The van der Waals surface area contributed by atoms with Crippen LogP contribution in [0.1, 0.15) is 54.3 Å². The van der Waals surface area contributed by atoms with Gasteiger partial charge in [-0.15, -0.1) is 0 Å². The van der Waals surface area contributed by atoms with Gasteiger partial charge in [-0.2, -0.15) is 0 Å². The number of fused-ring (bicyclic) bond motifs is 1. The molecule has 0 bridgehead atoms. The lowest BCUT2D eigenvalue weighted by Crippen LogP contribution is -2.55. The van der Waals surface area contributed by atoms with Gasteiger partial charge in [-0.3, -0.25) is 19.3 Å². The average Bonchev–Trinajstić information content (AvgIpc) is 2.80. The molecule has 3 amide bonds.